The number of hydrogen-bond acceptors (Lipinski definition) is 5. The Balaban J connectivity index is 3.47. The molecule has 88 valence electrons. The van der Waals surface area contributed by atoms with Gasteiger partial charge >= 0.3 is 7.12 Å². The van der Waals surface area contributed by atoms with Crippen molar-refractivity contribution in [3.8, 4) is 17.2 Å². The summed E-state index contributed by atoms with van der Waals surface area (Å²) in [5, 5.41) is 18.4. The Morgan fingerprint density at radius 1 is 1.00 bits per heavy atom. The zero-order chi connectivity index (χ0) is 12.3. The van der Waals surface area contributed by atoms with Crippen LogP contribution in [0.1, 0.15) is 5.56 Å². The maximum absolute atomic E-state index is 9.22. The molecule has 0 atom stereocenters. The van der Waals surface area contributed by atoms with Gasteiger partial charge in [-0.05, 0) is 13.0 Å². The van der Waals surface area contributed by atoms with Crippen LogP contribution >= 0.6 is 0 Å². The minimum absolute atomic E-state index is 0.248. The number of benzene rings is 1. The lowest BCUT2D eigenvalue weighted by Gasteiger charge is -2.17. The lowest BCUT2D eigenvalue weighted by atomic mass is 9.78. The van der Waals surface area contributed by atoms with E-state index in [1.807, 2.05) is 0 Å². The van der Waals surface area contributed by atoms with Crippen molar-refractivity contribution in [2.45, 2.75) is 6.92 Å². The quantitative estimate of drug-likeness (QED) is 0.690. The average molecular weight is 226 g/mol. The van der Waals surface area contributed by atoms with Gasteiger partial charge in [0.25, 0.3) is 0 Å². The maximum atomic E-state index is 9.22. The van der Waals surface area contributed by atoms with Crippen LogP contribution in [0.25, 0.3) is 0 Å². The molecule has 0 fully saturated rings. The van der Waals surface area contributed by atoms with Crippen LogP contribution < -0.4 is 19.7 Å². The average Bonchev–Trinajstić information content (AvgIpc) is 2.27. The van der Waals surface area contributed by atoms with Crippen molar-refractivity contribution in [3.05, 3.63) is 11.6 Å². The monoisotopic (exact) mass is 226 g/mol. The Morgan fingerprint density at radius 2 is 1.56 bits per heavy atom. The summed E-state index contributed by atoms with van der Waals surface area (Å²) in [5.41, 5.74) is 0.908. The van der Waals surface area contributed by atoms with Gasteiger partial charge in [-0.2, -0.15) is 0 Å². The van der Waals surface area contributed by atoms with E-state index < -0.39 is 7.12 Å². The normalized spacial score (nSPS) is 9.88. The van der Waals surface area contributed by atoms with Crippen molar-refractivity contribution in [3.63, 3.8) is 0 Å². The van der Waals surface area contributed by atoms with Gasteiger partial charge < -0.3 is 24.3 Å². The Hall–Kier alpha value is -1.40. The predicted octanol–water partition coefficient (Wildman–Crippen LogP) is -0.299. The largest absolute Gasteiger partial charge is 0.497 e. The van der Waals surface area contributed by atoms with Crippen LogP contribution in [0.4, 0.5) is 0 Å². The van der Waals surface area contributed by atoms with Crippen molar-refractivity contribution in [1.82, 2.24) is 0 Å². The van der Waals surface area contributed by atoms with E-state index in [0.29, 0.717) is 22.8 Å². The molecular formula is C10H15BO5. The van der Waals surface area contributed by atoms with Crippen molar-refractivity contribution < 1.29 is 24.3 Å². The summed E-state index contributed by atoms with van der Waals surface area (Å²) in [6, 6.07) is 1.48. The lowest BCUT2D eigenvalue weighted by molar-refractivity contribution is 0.345. The molecule has 0 amide bonds. The zero-order valence-corrected chi connectivity index (χ0v) is 9.77. The molecule has 0 aliphatic rings. The van der Waals surface area contributed by atoms with E-state index in [1.54, 1.807) is 6.92 Å². The third-order valence-electron chi connectivity index (χ3n) is 2.36. The Labute approximate surface area is 94.7 Å². The maximum Gasteiger partial charge on any atom is 0.492 e. The van der Waals surface area contributed by atoms with Crippen molar-refractivity contribution in [2.75, 3.05) is 21.3 Å². The summed E-state index contributed by atoms with van der Waals surface area (Å²) in [7, 11) is 2.84. The van der Waals surface area contributed by atoms with E-state index in [1.165, 1.54) is 27.4 Å². The SMILES string of the molecule is COc1cc(B(O)O)c(OC)c(C)c1OC. The van der Waals surface area contributed by atoms with Gasteiger partial charge in [0.05, 0.1) is 21.3 Å². The number of methoxy groups -OCH3 is 3. The van der Waals surface area contributed by atoms with Crippen LogP contribution in [0.3, 0.4) is 0 Å². The lowest BCUT2D eigenvalue weighted by Crippen LogP contribution is -2.32. The second-order valence-electron chi connectivity index (χ2n) is 3.23. The number of ether oxygens (including phenoxy) is 3. The summed E-state index contributed by atoms with van der Waals surface area (Å²) in [6.45, 7) is 1.76. The van der Waals surface area contributed by atoms with Crippen LogP contribution in [0.5, 0.6) is 17.2 Å². The molecular weight excluding hydrogens is 211 g/mol. The molecule has 1 aromatic carbocycles. The van der Waals surface area contributed by atoms with Gasteiger partial charge in [-0.25, -0.2) is 0 Å². The Bertz CT molecular complexity index is 378. The molecule has 0 unspecified atom stereocenters. The first kappa shape index (κ1) is 12.7. The van der Waals surface area contributed by atoms with Crippen LogP contribution in [0, 0.1) is 6.92 Å². The fraction of sp³-hybridized carbons (Fsp3) is 0.400. The van der Waals surface area contributed by atoms with Crippen LogP contribution in [-0.2, 0) is 0 Å². The van der Waals surface area contributed by atoms with Crippen LogP contribution in [-0.4, -0.2) is 38.5 Å². The summed E-state index contributed by atoms with van der Waals surface area (Å²) >= 11 is 0. The molecule has 0 bridgehead atoms. The highest BCUT2D eigenvalue weighted by Gasteiger charge is 2.24. The molecule has 1 aromatic rings. The standard InChI is InChI=1S/C10H15BO5/c1-6-9(15-3)7(11(12)13)5-8(14-2)10(6)16-4/h5,12-13H,1-4H3. The van der Waals surface area contributed by atoms with Gasteiger partial charge in [0.1, 0.15) is 5.75 Å². The van der Waals surface area contributed by atoms with E-state index in [0.717, 1.165) is 0 Å². The van der Waals surface area contributed by atoms with E-state index in [9.17, 15) is 10.0 Å². The van der Waals surface area contributed by atoms with Gasteiger partial charge in [0, 0.05) is 11.0 Å². The fourth-order valence-corrected chi connectivity index (χ4v) is 1.64. The van der Waals surface area contributed by atoms with Crippen molar-refractivity contribution >= 4 is 12.6 Å². The van der Waals surface area contributed by atoms with Crippen LogP contribution in [0.2, 0.25) is 0 Å². The van der Waals surface area contributed by atoms with Crippen LogP contribution in [0.15, 0.2) is 6.07 Å². The van der Waals surface area contributed by atoms with Gasteiger partial charge in [0.2, 0.25) is 0 Å². The Kier molecular flexibility index (Phi) is 4.03. The number of hydrogen-bond donors (Lipinski definition) is 2. The fourth-order valence-electron chi connectivity index (χ4n) is 1.64. The molecule has 0 spiro atoms. The second kappa shape index (κ2) is 5.09. The molecule has 5 nitrogen and oxygen atoms in total. The van der Waals surface area contributed by atoms with E-state index in [-0.39, 0.29) is 5.46 Å². The molecule has 0 saturated heterocycles. The summed E-state index contributed by atoms with van der Waals surface area (Å²) in [4.78, 5) is 0. The molecule has 0 heterocycles. The highest BCUT2D eigenvalue weighted by Crippen LogP contribution is 2.35. The molecule has 0 aliphatic carbocycles. The molecule has 0 saturated carbocycles. The molecule has 2 N–H and O–H groups in total. The van der Waals surface area contributed by atoms with Gasteiger partial charge in [-0.1, -0.05) is 0 Å². The first-order chi connectivity index (χ1) is 7.56. The molecule has 0 aliphatic heterocycles. The topological polar surface area (TPSA) is 68.2 Å². The first-order valence-electron chi connectivity index (χ1n) is 4.72. The third kappa shape index (κ3) is 2.07. The third-order valence-corrected chi connectivity index (χ3v) is 2.36. The highest BCUT2D eigenvalue weighted by molar-refractivity contribution is 6.60. The molecule has 1 rings (SSSR count). The van der Waals surface area contributed by atoms with Gasteiger partial charge in [-0.15, -0.1) is 0 Å². The Morgan fingerprint density at radius 3 is 1.94 bits per heavy atom. The van der Waals surface area contributed by atoms with Crippen molar-refractivity contribution in [2.24, 2.45) is 0 Å². The minimum Gasteiger partial charge on any atom is -0.497 e. The molecule has 0 radical (unpaired) electrons. The van der Waals surface area contributed by atoms with E-state index >= 15 is 0 Å². The summed E-state index contributed by atoms with van der Waals surface area (Å²) < 4.78 is 15.4. The molecule has 0 aromatic heterocycles. The number of rotatable bonds is 4. The highest BCUT2D eigenvalue weighted by atomic mass is 16.5. The second-order valence-corrected chi connectivity index (χ2v) is 3.23. The van der Waals surface area contributed by atoms with E-state index in [4.69, 9.17) is 14.2 Å². The van der Waals surface area contributed by atoms with Gasteiger partial charge in [0.15, 0.2) is 11.5 Å². The predicted molar refractivity (Wildman–Crippen MR) is 60.7 cm³/mol. The smallest absolute Gasteiger partial charge is 0.492 e. The van der Waals surface area contributed by atoms with Crippen molar-refractivity contribution in [1.29, 1.82) is 0 Å². The minimum atomic E-state index is -1.62. The van der Waals surface area contributed by atoms with Gasteiger partial charge in [-0.3, -0.25) is 0 Å². The summed E-state index contributed by atoms with van der Waals surface area (Å²) in [6.07, 6.45) is 0. The molecule has 6 heteroatoms. The molecule has 16 heavy (non-hydrogen) atoms. The van der Waals surface area contributed by atoms with E-state index in [2.05, 4.69) is 0 Å². The first-order valence-corrected chi connectivity index (χ1v) is 4.72. The zero-order valence-electron chi connectivity index (χ0n) is 9.77. The summed E-state index contributed by atoms with van der Waals surface area (Å²) in [5.74, 6) is 1.33.